The SMILES string of the molecule is O=C1COc2ccc(-c3csc(=Nc4ccccc4[N+](=O)[O-])n3CCc3ccc(Cl)cc3Cl)cc2N1. The number of nitro benzene ring substituents is 1. The van der Waals surface area contributed by atoms with Crippen molar-refractivity contribution in [2.75, 3.05) is 11.9 Å². The van der Waals surface area contributed by atoms with Gasteiger partial charge in [0.1, 0.15) is 11.4 Å². The Hall–Kier alpha value is -3.66. The summed E-state index contributed by atoms with van der Waals surface area (Å²) < 4.78 is 7.47. The van der Waals surface area contributed by atoms with Crippen LogP contribution in [-0.4, -0.2) is 22.0 Å². The minimum Gasteiger partial charge on any atom is -0.482 e. The van der Waals surface area contributed by atoms with Gasteiger partial charge in [0.2, 0.25) is 0 Å². The van der Waals surface area contributed by atoms with E-state index in [1.807, 2.05) is 28.1 Å². The number of carbonyl (C=O) groups is 1. The second kappa shape index (κ2) is 10.1. The average molecular weight is 541 g/mol. The Morgan fingerprint density at radius 3 is 2.78 bits per heavy atom. The van der Waals surface area contributed by atoms with E-state index >= 15 is 0 Å². The summed E-state index contributed by atoms with van der Waals surface area (Å²) in [5.74, 6) is 0.375. The van der Waals surface area contributed by atoms with Crippen LogP contribution in [0, 0.1) is 10.1 Å². The number of nitrogens with zero attached hydrogens (tertiary/aromatic N) is 3. The maximum Gasteiger partial charge on any atom is 0.294 e. The Bertz CT molecular complexity index is 1560. The van der Waals surface area contributed by atoms with Crippen molar-refractivity contribution >= 4 is 57.5 Å². The van der Waals surface area contributed by atoms with E-state index in [1.54, 1.807) is 36.4 Å². The lowest BCUT2D eigenvalue weighted by molar-refractivity contribution is -0.384. The van der Waals surface area contributed by atoms with E-state index in [9.17, 15) is 14.9 Å². The summed E-state index contributed by atoms with van der Waals surface area (Å²) in [4.78, 5) is 28.1. The maximum atomic E-state index is 11.8. The molecule has 0 spiro atoms. The number of benzene rings is 3. The number of nitrogens with one attached hydrogen (secondary N) is 1. The molecule has 3 aromatic carbocycles. The number of aromatic nitrogens is 1. The minimum absolute atomic E-state index is 0.0223. The summed E-state index contributed by atoms with van der Waals surface area (Å²) in [6, 6.07) is 17.3. The van der Waals surface area contributed by atoms with Gasteiger partial charge in [-0.3, -0.25) is 14.9 Å². The molecule has 0 saturated heterocycles. The van der Waals surface area contributed by atoms with Crippen molar-refractivity contribution in [3.8, 4) is 17.0 Å². The van der Waals surface area contributed by atoms with Gasteiger partial charge in [0.15, 0.2) is 11.4 Å². The van der Waals surface area contributed by atoms with Gasteiger partial charge in [-0.2, -0.15) is 0 Å². The molecule has 1 aliphatic heterocycles. The van der Waals surface area contributed by atoms with Crippen LogP contribution in [0.15, 0.2) is 71.0 Å². The van der Waals surface area contributed by atoms with Gasteiger partial charge in [-0.1, -0.05) is 41.4 Å². The van der Waals surface area contributed by atoms with Gasteiger partial charge in [0.05, 0.1) is 16.3 Å². The molecule has 0 atom stereocenters. The van der Waals surface area contributed by atoms with Gasteiger partial charge >= 0.3 is 0 Å². The Morgan fingerprint density at radius 1 is 1.14 bits per heavy atom. The van der Waals surface area contributed by atoms with Gasteiger partial charge < -0.3 is 14.6 Å². The Morgan fingerprint density at radius 2 is 1.97 bits per heavy atom. The first-order valence-corrected chi connectivity index (χ1v) is 12.5. The molecule has 0 bridgehead atoms. The molecule has 1 N–H and O–H groups in total. The van der Waals surface area contributed by atoms with E-state index in [0.717, 1.165) is 16.8 Å². The average Bonchev–Trinajstić information content (AvgIpc) is 3.25. The fourth-order valence-corrected chi connectivity index (χ4v) is 5.33. The van der Waals surface area contributed by atoms with Crippen LogP contribution < -0.4 is 14.9 Å². The van der Waals surface area contributed by atoms with Gasteiger partial charge in [-0.15, -0.1) is 11.3 Å². The third-order valence-corrected chi connectivity index (χ3v) is 7.07. The highest BCUT2D eigenvalue weighted by atomic mass is 35.5. The van der Waals surface area contributed by atoms with Crippen LogP contribution in [0.2, 0.25) is 10.0 Å². The Balaban J connectivity index is 1.60. The quantitative estimate of drug-likeness (QED) is 0.231. The molecular weight excluding hydrogens is 523 g/mol. The molecule has 0 fully saturated rings. The number of thiazole rings is 1. The van der Waals surface area contributed by atoms with E-state index in [0.29, 0.717) is 39.2 Å². The smallest absolute Gasteiger partial charge is 0.294 e. The molecule has 5 rings (SSSR count). The molecule has 8 nitrogen and oxygen atoms in total. The van der Waals surface area contributed by atoms with Crippen LogP contribution in [0.25, 0.3) is 11.3 Å². The van der Waals surface area contributed by atoms with Crippen LogP contribution in [0.1, 0.15) is 5.56 Å². The lowest BCUT2D eigenvalue weighted by Gasteiger charge is -2.19. The number of hydrogen-bond acceptors (Lipinski definition) is 6. The maximum absolute atomic E-state index is 11.8. The molecule has 0 saturated carbocycles. The molecule has 0 radical (unpaired) electrons. The van der Waals surface area contributed by atoms with Gasteiger partial charge in [0, 0.05) is 33.6 Å². The third-order valence-electron chi connectivity index (χ3n) is 5.62. The number of fused-ring (bicyclic) bond motifs is 1. The number of nitro groups is 1. The summed E-state index contributed by atoms with van der Waals surface area (Å²) in [5, 5.41) is 17.4. The highest BCUT2D eigenvalue weighted by Crippen LogP contribution is 2.33. The lowest BCUT2D eigenvalue weighted by Crippen LogP contribution is -2.25. The molecule has 4 aromatic rings. The summed E-state index contributed by atoms with van der Waals surface area (Å²) in [7, 11) is 0. The number of carbonyl (C=O) groups excluding carboxylic acids is 1. The van der Waals surface area contributed by atoms with Crippen LogP contribution in [0.3, 0.4) is 0 Å². The van der Waals surface area contributed by atoms with Crippen molar-refractivity contribution in [2.45, 2.75) is 13.0 Å². The lowest BCUT2D eigenvalue weighted by atomic mass is 10.1. The van der Waals surface area contributed by atoms with E-state index < -0.39 is 4.92 Å². The van der Waals surface area contributed by atoms with Gasteiger partial charge in [0.25, 0.3) is 11.6 Å². The van der Waals surface area contributed by atoms with Gasteiger partial charge in [-0.25, -0.2) is 4.99 Å². The molecule has 0 aliphatic carbocycles. The zero-order chi connectivity index (χ0) is 25.2. The normalized spacial score (nSPS) is 13.2. The van der Waals surface area contributed by atoms with E-state index in [2.05, 4.69) is 10.3 Å². The summed E-state index contributed by atoms with van der Waals surface area (Å²) in [6.45, 7) is 0.477. The molecule has 1 aromatic heterocycles. The number of halogens is 2. The predicted octanol–water partition coefficient (Wildman–Crippen LogP) is 6.24. The minimum atomic E-state index is -0.447. The molecule has 36 heavy (non-hydrogen) atoms. The molecule has 1 amide bonds. The van der Waals surface area contributed by atoms with Crippen LogP contribution in [0.4, 0.5) is 17.1 Å². The van der Waals surface area contributed by atoms with Crippen molar-refractivity contribution < 1.29 is 14.5 Å². The number of hydrogen-bond donors (Lipinski definition) is 1. The molecule has 0 unspecified atom stereocenters. The molecular formula is C25H18Cl2N4O4S. The van der Waals surface area contributed by atoms with Crippen molar-refractivity contribution in [2.24, 2.45) is 4.99 Å². The molecule has 182 valence electrons. The highest BCUT2D eigenvalue weighted by Gasteiger charge is 2.19. The number of anilines is 1. The predicted molar refractivity (Wildman–Crippen MR) is 140 cm³/mol. The van der Waals surface area contributed by atoms with E-state index in [-0.39, 0.29) is 23.9 Å². The first-order chi connectivity index (χ1) is 17.4. The Labute approximate surface area is 219 Å². The second-order valence-electron chi connectivity index (χ2n) is 7.95. The fourth-order valence-electron chi connectivity index (χ4n) is 3.88. The summed E-state index contributed by atoms with van der Waals surface area (Å²) in [6.07, 6.45) is 0.578. The van der Waals surface area contributed by atoms with Gasteiger partial charge in [-0.05, 0) is 48.4 Å². The molecule has 2 heterocycles. The summed E-state index contributed by atoms with van der Waals surface area (Å²) >= 11 is 13.8. The Kier molecular flexibility index (Phi) is 6.77. The zero-order valence-corrected chi connectivity index (χ0v) is 20.9. The van der Waals surface area contributed by atoms with E-state index in [4.69, 9.17) is 27.9 Å². The van der Waals surface area contributed by atoms with Crippen molar-refractivity contribution in [1.29, 1.82) is 0 Å². The fraction of sp³-hybridized carbons (Fsp3) is 0.120. The monoisotopic (exact) mass is 540 g/mol. The zero-order valence-electron chi connectivity index (χ0n) is 18.6. The first-order valence-electron chi connectivity index (χ1n) is 10.9. The molecule has 11 heteroatoms. The second-order valence-corrected chi connectivity index (χ2v) is 9.63. The van der Waals surface area contributed by atoms with E-state index in [1.165, 1.54) is 17.4 Å². The van der Waals surface area contributed by atoms with Crippen molar-refractivity contribution in [1.82, 2.24) is 4.57 Å². The summed E-state index contributed by atoms with van der Waals surface area (Å²) in [5.41, 5.74) is 3.36. The van der Waals surface area contributed by atoms with Crippen molar-refractivity contribution in [3.63, 3.8) is 0 Å². The first kappa shape index (κ1) is 24.1. The number of amides is 1. The third kappa shape index (κ3) is 4.99. The largest absolute Gasteiger partial charge is 0.482 e. The van der Waals surface area contributed by atoms with Crippen LogP contribution in [0.5, 0.6) is 5.75 Å². The topological polar surface area (TPSA) is 98.8 Å². The molecule has 1 aliphatic rings. The van der Waals surface area contributed by atoms with Crippen LogP contribution in [-0.2, 0) is 17.8 Å². The number of aryl methyl sites for hydroxylation is 1. The highest BCUT2D eigenvalue weighted by molar-refractivity contribution is 7.07. The number of para-hydroxylation sites is 2. The van der Waals surface area contributed by atoms with Crippen LogP contribution >= 0.6 is 34.5 Å². The van der Waals surface area contributed by atoms with Crippen molar-refractivity contribution in [3.05, 3.63) is 96.6 Å². The number of ether oxygens (including phenoxy) is 1. The standard InChI is InChI=1S/C25H18Cl2N4O4S/c26-17-7-5-15(18(27)12-17)9-10-30-22(16-6-8-23-20(11-16)28-24(32)13-35-23)14-36-25(30)29-19-3-1-2-4-21(19)31(33)34/h1-8,11-12,14H,9-10,13H2,(H,28,32). The number of rotatable bonds is 6.